The van der Waals surface area contributed by atoms with E-state index in [1.807, 2.05) is 0 Å². The first kappa shape index (κ1) is 14.4. The van der Waals surface area contributed by atoms with Crippen molar-refractivity contribution in [2.24, 2.45) is 13.0 Å². The van der Waals surface area contributed by atoms with Crippen LogP contribution in [0.25, 0.3) is 0 Å². The Bertz CT molecular complexity index is 422. The van der Waals surface area contributed by atoms with E-state index < -0.39 is 0 Å². The molecule has 0 spiro atoms. The van der Waals surface area contributed by atoms with Crippen molar-refractivity contribution in [3.63, 3.8) is 0 Å². The molecule has 0 radical (unpaired) electrons. The number of hydrogen-bond acceptors (Lipinski definition) is 3. The van der Waals surface area contributed by atoms with Crippen LogP contribution >= 0.6 is 0 Å². The first-order chi connectivity index (χ1) is 9.06. The normalized spacial score (nSPS) is 19.7. The summed E-state index contributed by atoms with van der Waals surface area (Å²) in [5, 5.41) is 8.08. The van der Waals surface area contributed by atoms with Crippen LogP contribution in [0.2, 0.25) is 0 Å². The van der Waals surface area contributed by atoms with Crippen LogP contribution in [-0.4, -0.2) is 28.9 Å². The van der Waals surface area contributed by atoms with Crippen molar-refractivity contribution in [1.29, 1.82) is 0 Å². The Morgan fingerprint density at radius 1 is 1.42 bits per heavy atom. The van der Waals surface area contributed by atoms with Crippen molar-refractivity contribution in [3.8, 4) is 0 Å². The third kappa shape index (κ3) is 2.78. The molecule has 1 aromatic rings. The van der Waals surface area contributed by atoms with E-state index in [2.05, 4.69) is 54.7 Å². The molecular formula is C15H28N4. The van der Waals surface area contributed by atoms with E-state index in [1.54, 1.807) is 0 Å². The van der Waals surface area contributed by atoms with Crippen molar-refractivity contribution in [2.75, 3.05) is 18.0 Å². The molecule has 0 aliphatic carbocycles. The van der Waals surface area contributed by atoms with Gasteiger partial charge in [0.1, 0.15) is 5.82 Å². The second-order valence-corrected chi connectivity index (χ2v) is 5.94. The molecule has 2 rings (SSSR count). The van der Waals surface area contributed by atoms with Crippen LogP contribution in [-0.2, 0) is 13.6 Å². The van der Waals surface area contributed by atoms with Gasteiger partial charge in [0.05, 0.1) is 5.69 Å². The van der Waals surface area contributed by atoms with Crippen LogP contribution in [0.1, 0.15) is 44.9 Å². The Hall–Kier alpha value is -1.03. The predicted octanol–water partition coefficient (Wildman–Crippen LogP) is 2.46. The maximum absolute atomic E-state index is 4.64. The molecule has 1 atom stereocenters. The zero-order valence-electron chi connectivity index (χ0n) is 13.0. The zero-order valence-corrected chi connectivity index (χ0v) is 13.0. The molecule has 0 aromatic carbocycles. The predicted molar refractivity (Wildman–Crippen MR) is 80.5 cm³/mol. The number of nitrogens with one attached hydrogen (secondary N) is 1. The highest BCUT2D eigenvalue weighted by Crippen LogP contribution is 2.33. The Morgan fingerprint density at radius 2 is 2.16 bits per heavy atom. The minimum absolute atomic E-state index is 0.662. The highest BCUT2D eigenvalue weighted by atomic mass is 15.4. The molecule has 1 saturated heterocycles. The monoisotopic (exact) mass is 264 g/mol. The quantitative estimate of drug-likeness (QED) is 0.887. The average Bonchev–Trinajstić information content (AvgIpc) is 2.91. The van der Waals surface area contributed by atoms with Crippen LogP contribution in [0.15, 0.2) is 0 Å². The van der Waals surface area contributed by atoms with Crippen LogP contribution in [0.3, 0.4) is 0 Å². The first-order valence-corrected chi connectivity index (χ1v) is 7.56. The van der Waals surface area contributed by atoms with Gasteiger partial charge in [-0.05, 0) is 32.2 Å². The Labute approximate surface area is 117 Å². The van der Waals surface area contributed by atoms with E-state index in [0.29, 0.717) is 12.0 Å². The van der Waals surface area contributed by atoms with Crippen LogP contribution in [0.5, 0.6) is 0 Å². The fourth-order valence-electron chi connectivity index (χ4n) is 3.25. The summed E-state index contributed by atoms with van der Waals surface area (Å²) in [5.41, 5.74) is 2.53. The molecule has 1 N–H and O–H groups in total. The van der Waals surface area contributed by atoms with E-state index in [4.69, 9.17) is 0 Å². The van der Waals surface area contributed by atoms with Gasteiger partial charge in [-0.2, -0.15) is 5.10 Å². The van der Waals surface area contributed by atoms with E-state index in [0.717, 1.165) is 18.8 Å². The second-order valence-electron chi connectivity index (χ2n) is 5.94. The fraction of sp³-hybridized carbons (Fsp3) is 0.800. The van der Waals surface area contributed by atoms with Gasteiger partial charge in [0, 0.05) is 31.7 Å². The van der Waals surface area contributed by atoms with Crippen LogP contribution in [0.4, 0.5) is 5.82 Å². The van der Waals surface area contributed by atoms with Crippen LogP contribution in [0, 0.1) is 12.8 Å². The molecule has 108 valence electrons. The summed E-state index contributed by atoms with van der Waals surface area (Å²) in [6, 6.07) is 0.662. The Morgan fingerprint density at radius 3 is 2.79 bits per heavy atom. The van der Waals surface area contributed by atoms with Crippen LogP contribution < -0.4 is 10.2 Å². The molecule has 1 fully saturated rings. The Kier molecular flexibility index (Phi) is 4.50. The van der Waals surface area contributed by atoms with E-state index in [1.165, 1.54) is 30.8 Å². The third-order valence-corrected chi connectivity index (χ3v) is 4.21. The first-order valence-electron chi connectivity index (χ1n) is 7.56. The number of anilines is 1. The number of aromatic nitrogens is 2. The maximum Gasteiger partial charge on any atom is 0.131 e. The molecule has 0 saturated carbocycles. The van der Waals surface area contributed by atoms with Crippen molar-refractivity contribution in [3.05, 3.63) is 11.3 Å². The molecule has 2 heterocycles. The number of aryl methyl sites for hydroxylation is 2. The summed E-state index contributed by atoms with van der Waals surface area (Å²) in [5.74, 6) is 2.03. The molecule has 1 aromatic heterocycles. The lowest BCUT2D eigenvalue weighted by atomic mass is 10.0. The largest absolute Gasteiger partial charge is 0.353 e. The summed E-state index contributed by atoms with van der Waals surface area (Å²) < 4.78 is 2.07. The fourth-order valence-corrected chi connectivity index (χ4v) is 3.25. The summed E-state index contributed by atoms with van der Waals surface area (Å²) in [4.78, 5) is 2.58. The minimum atomic E-state index is 0.662. The third-order valence-electron chi connectivity index (χ3n) is 4.21. The zero-order chi connectivity index (χ0) is 14.0. The van der Waals surface area contributed by atoms with Crippen molar-refractivity contribution >= 4 is 5.82 Å². The molecule has 0 bridgehead atoms. The standard InChI is InChI=1S/C15H28N4/c1-6-16-10-13-12(4)17-18(5)15(13)19-9-7-8-14(19)11(2)3/h11,14,16H,6-10H2,1-5H3. The second kappa shape index (κ2) is 5.95. The number of nitrogens with zero attached hydrogens (tertiary/aromatic N) is 3. The van der Waals surface area contributed by atoms with Crippen molar-refractivity contribution in [2.45, 2.75) is 53.1 Å². The Balaban J connectivity index is 2.32. The summed E-state index contributed by atoms with van der Waals surface area (Å²) in [7, 11) is 2.08. The van der Waals surface area contributed by atoms with Gasteiger partial charge < -0.3 is 10.2 Å². The van der Waals surface area contributed by atoms with Gasteiger partial charge in [0.2, 0.25) is 0 Å². The topological polar surface area (TPSA) is 33.1 Å². The molecule has 4 nitrogen and oxygen atoms in total. The van der Waals surface area contributed by atoms with E-state index >= 15 is 0 Å². The summed E-state index contributed by atoms with van der Waals surface area (Å²) in [6.45, 7) is 12.0. The number of rotatable bonds is 5. The van der Waals surface area contributed by atoms with Gasteiger partial charge in [-0.25, -0.2) is 0 Å². The summed E-state index contributed by atoms with van der Waals surface area (Å²) >= 11 is 0. The lowest BCUT2D eigenvalue weighted by molar-refractivity contribution is 0.483. The highest BCUT2D eigenvalue weighted by Gasteiger charge is 2.31. The van der Waals surface area contributed by atoms with Gasteiger partial charge in [0.25, 0.3) is 0 Å². The van der Waals surface area contributed by atoms with Gasteiger partial charge in [-0.1, -0.05) is 20.8 Å². The van der Waals surface area contributed by atoms with Gasteiger partial charge in [-0.15, -0.1) is 0 Å². The molecule has 1 aliphatic rings. The average molecular weight is 264 g/mol. The molecule has 4 heteroatoms. The van der Waals surface area contributed by atoms with E-state index in [-0.39, 0.29) is 0 Å². The van der Waals surface area contributed by atoms with Gasteiger partial charge in [-0.3, -0.25) is 4.68 Å². The lowest BCUT2D eigenvalue weighted by Gasteiger charge is -2.30. The molecule has 1 unspecified atom stereocenters. The molecule has 1 aliphatic heterocycles. The SMILES string of the molecule is CCNCc1c(C)nn(C)c1N1CCCC1C(C)C. The molecular weight excluding hydrogens is 236 g/mol. The molecule has 19 heavy (non-hydrogen) atoms. The van der Waals surface area contributed by atoms with Gasteiger partial charge >= 0.3 is 0 Å². The highest BCUT2D eigenvalue weighted by molar-refractivity contribution is 5.52. The minimum Gasteiger partial charge on any atom is -0.353 e. The molecule has 0 amide bonds. The maximum atomic E-state index is 4.64. The smallest absolute Gasteiger partial charge is 0.131 e. The van der Waals surface area contributed by atoms with E-state index in [9.17, 15) is 0 Å². The number of hydrogen-bond donors (Lipinski definition) is 1. The lowest BCUT2D eigenvalue weighted by Crippen LogP contribution is -2.35. The van der Waals surface area contributed by atoms with Gasteiger partial charge in [0.15, 0.2) is 0 Å². The van der Waals surface area contributed by atoms with Crippen molar-refractivity contribution < 1.29 is 0 Å². The van der Waals surface area contributed by atoms with Crippen molar-refractivity contribution in [1.82, 2.24) is 15.1 Å². The summed E-state index contributed by atoms with van der Waals surface area (Å²) in [6.07, 6.45) is 2.61.